The number of fused-ring (bicyclic) bond motifs is 3. The number of thiophene rings is 1. The number of hydrazine groups is 1. The molecule has 7 heteroatoms. The lowest BCUT2D eigenvalue weighted by Crippen LogP contribution is -2.34. The third-order valence-corrected chi connectivity index (χ3v) is 4.42. The largest absolute Gasteiger partial charge is 0.467 e. The van der Waals surface area contributed by atoms with E-state index in [0.29, 0.717) is 5.88 Å². The van der Waals surface area contributed by atoms with E-state index in [2.05, 4.69) is 9.97 Å². The number of hydrogen-bond acceptors (Lipinski definition) is 6. The van der Waals surface area contributed by atoms with E-state index in [1.54, 1.807) is 11.3 Å². The Morgan fingerprint density at radius 3 is 3.11 bits per heavy atom. The molecule has 1 aliphatic carbocycles. The van der Waals surface area contributed by atoms with E-state index in [-0.39, 0.29) is 12.5 Å². The van der Waals surface area contributed by atoms with Gasteiger partial charge in [-0.25, -0.2) is 15.8 Å². The number of nitrogens with zero attached hydrogens (tertiary/aromatic N) is 2. The highest BCUT2D eigenvalue weighted by molar-refractivity contribution is 7.18. The summed E-state index contributed by atoms with van der Waals surface area (Å²) in [5.74, 6) is 5.13. The number of aryl methyl sites for hydroxylation is 2. The predicted molar refractivity (Wildman–Crippen MR) is 71.9 cm³/mol. The molecule has 0 radical (unpaired) electrons. The molecule has 19 heavy (non-hydrogen) atoms. The van der Waals surface area contributed by atoms with E-state index in [0.717, 1.165) is 23.1 Å². The number of hydrogen-bond donors (Lipinski definition) is 2. The summed E-state index contributed by atoms with van der Waals surface area (Å²) >= 11 is 1.70. The van der Waals surface area contributed by atoms with Crippen LogP contribution in [0.2, 0.25) is 0 Å². The molecule has 0 saturated heterocycles. The van der Waals surface area contributed by atoms with Gasteiger partial charge in [0.1, 0.15) is 11.2 Å². The summed E-state index contributed by atoms with van der Waals surface area (Å²) in [5, 5.41) is 0.965. The van der Waals surface area contributed by atoms with Crippen molar-refractivity contribution < 1.29 is 9.53 Å². The van der Waals surface area contributed by atoms with Crippen molar-refractivity contribution in [1.29, 1.82) is 0 Å². The fourth-order valence-corrected chi connectivity index (χ4v) is 3.57. The first-order valence-corrected chi connectivity index (χ1v) is 6.98. The highest BCUT2D eigenvalue weighted by atomic mass is 32.1. The van der Waals surface area contributed by atoms with Gasteiger partial charge in [0.25, 0.3) is 5.91 Å². The molecule has 2 aromatic rings. The summed E-state index contributed by atoms with van der Waals surface area (Å²) < 4.78 is 5.46. The van der Waals surface area contributed by atoms with Crippen molar-refractivity contribution in [2.75, 3.05) is 6.61 Å². The number of aromatic nitrogens is 2. The Kier molecular flexibility index (Phi) is 3.31. The first-order valence-electron chi connectivity index (χ1n) is 6.17. The van der Waals surface area contributed by atoms with Gasteiger partial charge in [-0.1, -0.05) is 0 Å². The molecule has 6 nitrogen and oxygen atoms in total. The molecule has 0 unspecified atom stereocenters. The fourth-order valence-electron chi connectivity index (χ4n) is 2.35. The molecule has 3 N–H and O–H groups in total. The zero-order valence-electron chi connectivity index (χ0n) is 10.3. The van der Waals surface area contributed by atoms with Gasteiger partial charge in [0.15, 0.2) is 6.61 Å². The van der Waals surface area contributed by atoms with Crippen molar-refractivity contribution in [2.24, 2.45) is 5.84 Å². The van der Waals surface area contributed by atoms with Gasteiger partial charge >= 0.3 is 0 Å². The lowest BCUT2D eigenvalue weighted by Gasteiger charge is -2.11. The molecular formula is C12H14N4O2S. The molecule has 0 saturated carbocycles. The van der Waals surface area contributed by atoms with Crippen molar-refractivity contribution >= 4 is 27.5 Å². The van der Waals surface area contributed by atoms with E-state index in [1.807, 2.05) is 5.43 Å². The molecule has 3 rings (SSSR count). The number of ether oxygens (including phenoxy) is 1. The van der Waals surface area contributed by atoms with Crippen LogP contribution in [0, 0.1) is 0 Å². The first kappa shape index (κ1) is 12.3. The summed E-state index contributed by atoms with van der Waals surface area (Å²) in [5.41, 5.74) is 3.32. The van der Waals surface area contributed by atoms with Crippen LogP contribution in [0.25, 0.3) is 10.2 Å². The van der Waals surface area contributed by atoms with Gasteiger partial charge < -0.3 is 4.74 Å². The Morgan fingerprint density at radius 1 is 1.42 bits per heavy atom. The van der Waals surface area contributed by atoms with Crippen molar-refractivity contribution in [1.82, 2.24) is 15.4 Å². The molecule has 1 aliphatic rings. The molecule has 0 spiro atoms. The SMILES string of the molecule is NNC(=O)COc1ncnc2sc3c(c12)CCCC3. The maximum Gasteiger partial charge on any atom is 0.271 e. The maximum absolute atomic E-state index is 11.1. The minimum Gasteiger partial charge on any atom is -0.467 e. The average Bonchev–Trinajstić information content (AvgIpc) is 2.83. The second kappa shape index (κ2) is 5.10. The van der Waals surface area contributed by atoms with E-state index in [9.17, 15) is 4.79 Å². The van der Waals surface area contributed by atoms with E-state index in [1.165, 1.54) is 29.6 Å². The second-order valence-corrected chi connectivity index (χ2v) is 5.51. The molecule has 0 atom stereocenters. The van der Waals surface area contributed by atoms with Crippen molar-refractivity contribution in [2.45, 2.75) is 25.7 Å². The van der Waals surface area contributed by atoms with Gasteiger partial charge in [-0.3, -0.25) is 10.2 Å². The molecule has 2 heterocycles. The normalized spacial score (nSPS) is 14.2. The average molecular weight is 278 g/mol. The van der Waals surface area contributed by atoms with Gasteiger partial charge in [-0.05, 0) is 31.2 Å². The summed E-state index contributed by atoms with van der Waals surface area (Å²) in [4.78, 5) is 21.9. The number of nitrogens with one attached hydrogen (secondary N) is 1. The second-order valence-electron chi connectivity index (χ2n) is 4.43. The van der Waals surface area contributed by atoms with Gasteiger partial charge in [0, 0.05) is 4.88 Å². The molecule has 0 fully saturated rings. The Balaban J connectivity index is 1.99. The van der Waals surface area contributed by atoms with Crippen LogP contribution in [0.15, 0.2) is 6.33 Å². The van der Waals surface area contributed by atoms with E-state index < -0.39 is 0 Å². The van der Waals surface area contributed by atoms with Gasteiger partial charge in [-0.15, -0.1) is 11.3 Å². The Hall–Kier alpha value is -1.73. The van der Waals surface area contributed by atoms with Crippen molar-refractivity contribution in [3.05, 3.63) is 16.8 Å². The smallest absolute Gasteiger partial charge is 0.271 e. The summed E-state index contributed by atoms with van der Waals surface area (Å²) in [6.45, 7) is -0.132. The van der Waals surface area contributed by atoms with Crippen LogP contribution in [0.5, 0.6) is 5.88 Å². The van der Waals surface area contributed by atoms with Crippen LogP contribution in [-0.4, -0.2) is 22.5 Å². The lowest BCUT2D eigenvalue weighted by molar-refractivity contribution is -0.123. The van der Waals surface area contributed by atoms with Crippen LogP contribution in [-0.2, 0) is 17.6 Å². The highest BCUT2D eigenvalue weighted by Gasteiger charge is 2.20. The molecule has 0 aliphatic heterocycles. The van der Waals surface area contributed by atoms with Crippen molar-refractivity contribution in [3.8, 4) is 5.88 Å². The zero-order chi connectivity index (χ0) is 13.2. The van der Waals surface area contributed by atoms with Crippen LogP contribution in [0.4, 0.5) is 0 Å². The van der Waals surface area contributed by atoms with Gasteiger partial charge in [-0.2, -0.15) is 0 Å². The van der Waals surface area contributed by atoms with Crippen LogP contribution in [0.1, 0.15) is 23.3 Å². The zero-order valence-corrected chi connectivity index (χ0v) is 11.1. The third-order valence-electron chi connectivity index (χ3n) is 3.22. The monoisotopic (exact) mass is 278 g/mol. The Morgan fingerprint density at radius 2 is 2.26 bits per heavy atom. The van der Waals surface area contributed by atoms with Crippen LogP contribution < -0.4 is 16.0 Å². The number of nitrogens with two attached hydrogens (primary N) is 1. The van der Waals surface area contributed by atoms with Crippen molar-refractivity contribution in [3.63, 3.8) is 0 Å². The number of carbonyl (C=O) groups excluding carboxylic acids is 1. The molecule has 0 bridgehead atoms. The van der Waals surface area contributed by atoms with E-state index in [4.69, 9.17) is 10.6 Å². The standard InChI is InChI=1S/C12H14N4O2S/c13-16-9(17)5-18-11-10-7-3-1-2-4-8(7)19-12(10)15-6-14-11/h6H,1-5,13H2,(H,16,17). The minimum absolute atomic E-state index is 0.132. The van der Waals surface area contributed by atoms with Gasteiger partial charge in [0.05, 0.1) is 5.39 Å². The summed E-state index contributed by atoms with van der Waals surface area (Å²) in [6.07, 6.45) is 6.00. The Labute approximate surface area is 114 Å². The Bertz CT molecular complexity index is 625. The van der Waals surface area contributed by atoms with Gasteiger partial charge in [0.2, 0.25) is 5.88 Å². The third kappa shape index (κ3) is 2.26. The quantitative estimate of drug-likeness (QED) is 0.495. The molecular weight excluding hydrogens is 264 g/mol. The van der Waals surface area contributed by atoms with E-state index >= 15 is 0 Å². The van der Waals surface area contributed by atoms with Crippen LogP contribution >= 0.6 is 11.3 Å². The summed E-state index contributed by atoms with van der Waals surface area (Å²) in [6, 6.07) is 0. The number of carbonyl (C=O) groups is 1. The number of amides is 1. The highest BCUT2D eigenvalue weighted by Crippen LogP contribution is 2.38. The van der Waals surface area contributed by atoms with Crippen LogP contribution in [0.3, 0.4) is 0 Å². The molecule has 2 aromatic heterocycles. The lowest BCUT2D eigenvalue weighted by atomic mass is 9.97. The summed E-state index contributed by atoms with van der Waals surface area (Å²) in [7, 11) is 0. The molecule has 1 amide bonds. The predicted octanol–water partition coefficient (Wildman–Crippen LogP) is 0.939. The molecule has 100 valence electrons. The maximum atomic E-state index is 11.1. The molecule has 0 aromatic carbocycles. The minimum atomic E-state index is -0.379. The fraction of sp³-hybridized carbons (Fsp3) is 0.417. The first-order chi connectivity index (χ1) is 9.29. The topological polar surface area (TPSA) is 90.1 Å². The number of rotatable bonds is 3.